The summed E-state index contributed by atoms with van der Waals surface area (Å²) in [5, 5.41) is 4.50. The molecule has 0 saturated carbocycles. The standard InChI is InChI=1S/C16H22N2OS/c1-4-13(3)17-9-14-10-18-16(20-14)11-19-15-8-6-5-7-12(15)2/h5-8,10,13,17H,4,9,11H2,1-3H3. The van der Waals surface area contributed by atoms with Gasteiger partial charge in [-0.2, -0.15) is 0 Å². The Morgan fingerprint density at radius 3 is 2.90 bits per heavy atom. The molecule has 0 spiro atoms. The molecule has 1 atom stereocenters. The van der Waals surface area contributed by atoms with Gasteiger partial charge in [-0.05, 0) is 31.9 Å². The fourth-order valence-electron chi connectivity index (χ4n) is 1.77. The molecule has 0 saturated heterocycles. The third-order valence-corrected chi connectivity index (χ3v) is 4.25. The average Bonchev–Trinajstić information content (AvgIpc) is 2.92. The number of aromatic nitrogens is 1. The molecule has 20 heavy (non-hydrogen) atoms. The molecule has 0 aliphatic carbocycles. The predicted octanol–water partition coefficient (Wildman–Crippen LogP) is 3.92. The predicted molar refractivity (Wildman–Crippen MR) is 84.2 cm³/mol. The highest BCUT2D eigenvalue weighted by Gasteiger charge is 2.05. The molecule has 1 heterocycles. The molecule has 1 unspecified atom stereocenters. The number of nitrogens with one attached hydrogen (secondary N) is 1. The second-order valence-electron chi connectivity index (χ2n) is 4.96. The summed E-state index contributed by atoms with van der Waals surface area (Å²) in [6.07, 6.45) is 3.08. The molecule has 2 aromatic rings. The number of hydrogen-bond donors (Lipinski definition) is 1. The molecule has 1 aromatic heterocycles. The van der Waals surface area contributed by atoms with Gasteiger partial charge < -0.3 is 10.1 Å². The van der Waals surface area contributed by atoms with Gasteiger partial charge in [0.05, 0.1) is 0 Å². The third kappa shape index (κ3) is 4.32. The summed E-state index contributed by atoms with van der Waals surface area (Å²) in [5.74, 6) is 0.932. The van der Waals surface area contributed by atoms with E-state index in [1.54, 1.807) is 11.3 Å². The first-order valence-electron chi connectivity index (χ1n) is 7.04. The Bertz CT molecular complexity index is 539. The summed E-state index contributed by atoms with van der Waals surface area (Å²) in [4.78, 5) is 5.68. The Morgan fingerprint density at radius 2 is 2.15 bits per heavy atom. The smallest absolute Gasteiger partial charge is 0.140 e. The normalized spacial score (nSPS) is 12.3. The maximum atomic E-state index is 5.81. The van der Waals surface area contributed by atoms with Crippen molar-refractivity contribution in [3.63, 3.8) is 0 Å². The van der Waals surface area contributed by atoms with Crippen molar-refractivity contribution in [2.75, 3.05) is 0 Å². The third-order valence-electron chi connectivity index (χ3n) is 3.28. The van der Waals surface area contributed by atoms with E-state index in [4.69, 9.17) is 4.74 Å². The van der Waals surface area contributed by atoms with Gasteiger partial charge in [-0.1, -0.05) is 25.1 Å². The molecule has 0 amide bonds. The van der Waals surface area contributed by atoms with Gasteiger partial charge in [-0.25, -0.2) is 4.98 Å². The lowest BCUT2D eigenvalue weighted by Crippen LogP contribution is -2.23. The first kappa shape index (κ1) is 15.0. The van der Waals surface area contributed by atoms with E-state index in [-0.39, 0.29) is 0 Å². The monoisotopic (exact) mass is 290 g/mol. The van der Waals surface area contributed by atoms with E-state index in [1.807, 2.05) is 24.4 Å². The Kier molecular flexibility index (Phi) is 5.56. The van der Waals surface area contributed by atoms with Crippen LogP contribution in [0.15, 0.2) is 30.5 Å². The van der Waals surface area contributed by atoms with Gasteiger partial charge in [0.25, 0.3) is 0 Å². The van der Waals surface area contributed by atoms with E-state index >= 15 is 0 Å². The average molecular weight is 290 g/mol. The van der Waals surface area contributed by atoms with Crippen LogP contribution in [0.25, 0.3) is 0 Å². The van der Waals surface area contributed by atoms with Gasteiger partial charge in [0.15, 0.2) is 0 Å². The Labute approximate surface area is 125 Å². The maximum absolute atomic E-state index is 5.81. The minimum atomic E-state index is 0.541. The van der Waals surface area contributed by atoms with Crippen LogP contribution in [-0.4, -0.2) is 11.0 Å². The maximum Gasteiger partial charge on any atom is 0.140 e. The summed E-state index contributed by atoms with van der Waals surface area (Å²) in [6, 6.07) is 8.60. The number of nitrogens with zero attached hydrogens (tertiary/aromatic N) is 1. The molecule has 0 aliphatic heterocycles. The fraction of sp³-hybridized carbons (Fsp3) is 0.438. The van der Waals surface area contributed by atoms with Crippen LogP contribution >= 0.6 is 11.3 Å². The van der Waals surface area contributed by atoms with E-state index in [9.17, 15) is 0 Å². The van der Waals surface area contributed by atoms with Gasteiger partial charge in [0.2, 0.25) is 0 Å². The highest BCUT2D eigenvalue weighted by molar-refractivity contribution is 7.11. The first-order valence-corrected chi connectivity index (χ1v) is 7.86. The summed E-state index contributed by atoms with van der Waals surface area (Å²) >= 11 is 1.71. The molecule has 0 fully saturated rings. The van der Waals surface area contributed by atoms with E-state index in [2.05, 4.69) is 37.1 Å². The molecule has 1 aromatic carbocycles. The minimum absolute atomic E-state index is 0.541. The van der Waals surface area contributed by atoms with Gasteiger partial charge in [-0.3, -0.25) is 0 Å². The summed E-state index contributed by atoms with van der Waals surface area (Å²) < 4.78 is 5.81. The van der Waals surface area contributed by atoms with Crippen molar-refractivity contribution >= 4 is 11.3 Å². The van der Waals surface area contributed by atoms with Gasteiger partial charge in [-0.15, -0.1) is 11.3 Å². The van der Waals surface area contributed by atoms with Crippen molar-refractivity contribution in [2.45, 2.75) is 46.4 Å². The molecule has 0 aliphatic rings. The first-order chi connectivity index (χ1) is 9.69. The van der Waals surface area contributed by atoms with Crippen LogP contribution in [0.4, 0.5) is 0 Å². The van der Waals surface area contributed by atoms with Crippen molar-refractivity contribution in [3.8, 4) is 5.75 Å². The molecule has 1 N–H and O–H groups in total. The number of para-hydroxylation sites is 1. The van der Waals surface area contributed by atoms with Crippen molar-refractivity contribution in [1.29, 1.82) is 0 Å². The van der Waals surface area contributed by atoms with Crippen molar-refractivity contribution in [1.82, 2.24) is 10.3 Å². The minimum Gasteiger partial charge on any atom is -0.486 e. The van der Waals surface area contributed by atoms with Crippen molar-refractivity contribution in [3.05, 3.63) is 45.9 Å². The number of thiazole rings is 1. The van der Waals surface area contributed by atoms with Crippen molar-refractivity contribution in [2.24, 2.45) is 0 Å². The van der Waals surface area contributed by atoms with Crippen LogP contribution < -0.4 is 10.1 Å². The van der Waals surface area contributed by atoms with Gasteiger partial charge in [0.1, 0.15) is 17.4 Å². The quantitative estimate of drug-likeness (QED) is 0.839. The molecule has 2 rings (SSSR count). The summed E-state index contributed by atoms with van der Waals surface area (Å²) in [6.45, 7) is 7.86. The van der Waals surface area contributed by atoms with Crippen LogP contribution in [0.5, 0.6) is 5.75 Å². The largest absolute Gasteiger partial charge is 0.486 e. The SMILES string of the molecule is CCC(C)NCc1cnc(COc2ccccc2C)s1. The topological polar surface area (TPSA) is 34.2 Å². The van der Waals surface area contributed by atoms with Crippen LogP contribution in [0.3, 0.4) is 0 Å². The molecule has 0 bridgehead atoms. The highest BCUT2D eigenvalue weighted by Crippen LogP contribution is 2.20. The second kappa shape index (κ2) is 7.41. The molecule has 3 nitrogen and oxygen atoms in total. The molecule has 0 radical (unpaired) electrons. The van der Waals surface area contributed by atoms with Crippen LogP contribution in [0, 0.1) is 6.92 Å². The Morgan fingerprint density at radius 1 is 1.35 bits per heavy atom. The lowest BCUT2D eigenvalue weighted by atomic mass is 10.2. The van der Waals surface area contributed by atoms with E-state index in [0.29, 0.717) is 12.6 Å². The lowest BCUT2D eigenvalue weighted by Gasteiger charge is -2.09. The summed E-state index contributed by atoms with van der Waals surface area (Å²) in [5.41, 5.74) is 1.16. The van der Waals surface area contributed by atoms with Crippen LogP contribution in [0.1, 0.15) is 35.7 Å². The number of benzene rings is 1. The zero-order valence-electron chi connectivity index (χ0n) is 12.3. The molecular formula is C16H22N2OS. The Hall–Kier alpha value is -1.39. The summed E-state index contributed by atoms with van der Waals surface area (Å²) in [7, 11) is 0. The van der Waals surface area contributed by atoms with E-state index in [1.165, 1.54) is 4.88 Å². The highest BCUT2D eigenvalue weighted by atomic mass is 32.1. The van der Waals surface area contributed by atoms with E-state index in [0.717, 1.165) is 29.3 Å². The number of rotatable bonds is 7. The molecule has 108 valence electrons. The Balaban J connectivity index is 1.85. The van der Waals surface area contributed by atoms with Gasteiger partial charge >= 0.3 is 0 Å². The number of hydrogen-bond acceptors (Lipinski definition) is 4. The number of ether oxygens (including phenoxy) is 1. The van der Waals surface area contributed by atoms with Crippen molar-refractivity contribution < 1.29 is 4.74 Å². The van der Waals surface area contributed by atoms with Crippen LogP contribution in [-0.2, 0) is 13.2 Å². The van der Waals surface area contributed by atoms with Gasteiger partial charge in [0, 0.05) is 23.7 Å². The van der Waals surface area contributed by atoms with E-state index < -0.39 is 0 Å². The molecule has 4 heteroatoms. The second-order valence-corrected chi connectivity index (χ2v) is 6.16. The lowest BCUT2D eigenvalue weighted by molar-refractivity contribution is 0.303. The zero-order valence-corrected chi connectivity index (χ0v) is 13.2. The zero-order chi connectivity index (χ0) is 14.4. The number of aryl methyl sites for hydroxylation is 1. The fourth-order valence-corrected chi connectivity index (χ4v) is 2.56. The van der Waals surface area contributed by atoms with Crippen LogP contribution in [0.2, 0.25) is 0 Å². The molecular weight excluding hydrogens is 268 g/mol.